The Kier molecular flexibility index (Phi) is 3.01. The van der Waals surface area contributed by atoms with E-state index in [1.54, 1.807) is 20.8 Å². The summed E-state index contributed by atoms with van der Waals surface area (Å²) in [5.74, 6) is -1.49. The smallest absolute Gasteiger partial charge is 0.329 e. The van der Waals surface area contributed by atoms with Gasteiger partial charge in [0.05, 0.1) is 12.6 Å². The summed E-state index contributed by atoms with van der Waals surface area (Å²) in [6.45, 7) is 4.72. The summed E-state index contributed by atoms with van der Waals surface area (Å²) in [6, 6.07) is -0.962. The zero-order valence-electron chi connectivity index (χ0n) is 9.06. The van der Waals surface area contributed by atoms with Crippen molar-refractivity contribution >= 4 is 11.9 Å². The van der Waals surface area contributed by atoms with E-state index in [1.165, 1.54) is 4.90 Å². The average molecular weight is 216 g/mol. The van der Waals surface area contributed by atoms with Crippen molar-refractivity contribution in [2.75, 3.05) is 6.54 Å². The van der Waals surface area contributed by atoms with Crippen molar-refractivity contribution in [3.05, 3.63) is 0 Å². The van der Waals surface area contributed by atoms with Gasteiger partial charge in [-0.25, -0.2) is 4.79 Å². The second-order valence-corrected chi connectivity index (χ2v) is 4.02. The van der Waals surface area contributed by atoms with Crippen molar-refractivity contribution in [2.24, 2.45) is 5.73 Å². The third-order valence-corrected chi connectivity index (χ3v) is 2.47. The van der Waals surface area contributed by atoms with E-state index < -0.39 is 29.7 Å². The maximum Gasteiger partial charge on any atom is 0.329 e. The second kappa shape index (κ2) is 3.79. The van der Waals surface area contributed by atoms with E-state index in [4.69, 9.17) is 15.6 Å². The summed E-state index contributed by atoms with van der Waals surface area (Å²) >= 11 is 0. The zero-order chi connectivity index (χ0) is 11.8. The number of carboxylic acids is 1. The Hall–Kier alpha value is -1.14. The van der Waals surface area contributed by atoms with E-state index in [0.29, 0.717) is 0 Å². The highest BCUT2D eigenvalue weighted by Crippen LogP contribution is 2.31. The molecule has 0 radical (unpaired) electrons. The van der Waals surface area contributed by atoms with E-state index in [-0.39, 0.29) is 6.54 Å². The van der Waals surface area contributed by atoms with Crippen LogP contribution in [0.4, 0.5) is 0 Å². The molecule has 1 amide bonds. The minimum absolute atomic E-state index is 0.219. The van der Waals surface area contributed by atoms with Crippen LogP contribution in [0, 0.1) is 0 Å². The van der Waals surface area contributed by atoms with Gasteiger partial charge in [-0.05, 0) is 20.8 Å². The largest absolute Gasteiger partial charge is 0.480 e. The third-order valence-electron chi connectivity index (χ3n) is 2.47. The number of carbonyl (C=O) groups is 2. The number of nitrogens with two attached hydrogens (primary N) is 1. The molecule has 0 unspecified atom stereocenters. The normalized spacial score (nSPS) is 29.2. The molecule has 0 spiro atoms. The standard InChI is InChI=1S/C9H16N2O4/c1-5-7(8(13)14)11(6(12)4-10)9(2,3)15-5/h5,7H,4,10H2,1-3H3,(H,13,14)/t5-,7+/m1/s1. The lowest BCUT2D eigenvalue weighted by Crippen LogP contribution is -2.53. The van der Waals surface area contributed by atoms with Gasteiger partial charge in [-0.2, -0.15) is 0 Å². The van der Waals surface area contributed by atoms with Gasteiger partial charge < -0.3 is 15.6 Å². The number of hydrogen-bond acceptors (Lipinski definition) is 4. The molecule has 1 saturated heterocycles. The molecule has 6 nitrogen and oxygen atoms in total. The molecular formula is C9H16N2O4. The molecule has 2 atom stereocenters. The van der Waals surface area contributed by atoms with Gasteiger partial charge in [0.15, 0.2) is 6.04 Å². The molecule has 1 rings (SSSR count). The monoisotopic (exact) mass is 216 g/mol. The Balaban J connectivity index is 3.04. The quantitative estimate of drug-likeness (QED) is 0.641. The van der Waals surface area contributed by atoms with E-state index in [0.717, 1.165) is 0 Å². The van der Waals surface area contributed by atoms with Crippen LogP contribution in [0.2, 0.25) is 0 Å². The Bertz CT molecular complexity index is 290. The van der Waals surface area contributed by atoms with Gasteiger partial charge in [0.1, 0.15) is 5.72 Å². The second-order valence-electron chi connectivity index (χ2n) is 4.02. The molecule has 86 valence electrons. The van der Waals surface area contributed by atoms with Crippen molar-refractivity contribution in [1.29, 1.82) is 0 Å². The Morgan fingerprint density at radius 2 is 2.07 bits per heavy atom. The lowest BCUT2D eigenvalue weighted by atomic mass is 10.1. The van der Waals surface area contributed by atoms with Crippen LogP contribution in [0.3, 0.4) is 0 Å². The van der Waals surface area contributed by atoms with Gasteiger partial charge >= 0.3 is 5.97 Å². The van der Waals surface area contributed by atoms with Crippen molar-refractivity contribution < 1.29 is 19.4 Å². The molecule has 1 aliphatic rings. The molecule has 0 aromatic carbocycles. The molecule has 0 saturated carbocycles. The number of nitrogens with zero attached hydrogens (tertiary/aromatic N) is 1. The van der Waals surface area contributed by atoms with Crippen LogP contribution in [-0.4, -0.2) is 46.3 Å². The number of carbonyl (C=O) groups excluding carboxylic acids is 1. The van der Waals surface area contributed by atoms with E-state index in [9.17, 15) is 9.59 Å². The summed E-state index contributed by atoms with van der Waals surface area (Å²) in [5.41, 5.74) is 4.32. The molecule has 6 heteroatoms. The first-order chi connectivity index (χ1) is 6.81. The van der Waals surface area contributed by atoms with Gasteiger partial charge in [-0.3, -0.25) is 9.69 Å². The van der Waals surface area contributed by atoms with Crippen LogP contribution >= 0.6 is 0 Å². The van der Waals surface area contributed by atoms with Crippen LogP contribution in [0.25, 0.3) is 0 Å². The molecular weight excluding hydrogens is 200 g/mol. The SMILES string of the molecule is C[C@H]1OC(C)(C)N(C(=O)CN)[C@@H]1C(=O)O. The first kappa shape index (κ1) is 11.9. The number of ether oxygens (including phenoxy) is 1. The van der Waals surface area contributed by atoms with E-state index in [2.05, 4.69) is 0 Å². The lowest BCUT2D eigenvalue weighted by molar-refractivity contribution is -0.154. The first-order valence-electron chi connectivity index (χ1n) is 4.74. The van der Waals surface area contributed by atoms with Gasteiger partial charge in [0.2, 0.25) is 5.91 Å². The van der Waals surface area contributed by atoms with Crippen molar-refractivity contribution in [1.82, 2.24) is 4.90 Å². The molecule has 0 aromatic heterocycles. The first-order valence-corrected chi connectivity index (χ1v) is 4.74. The number of carboxylic acid groups (broad SMARTS) is 1. The summed E-state index contributed by atoms with van der Waals surface area (Å²) in [4.78, 5) is 23.8. The number of amides is 1. The fourth-order valence-electron chi connectivity index (χ4n) is 1.99. The highest BCUT2D eigenvalue weighted by Gasteiger charge is 2.50. The molecule has 0 aliphatic carbocycles. The number of hydrogen-bond donors (Lipinski definition) is 2. The summed E-state index contributed by atoms with van der Waals surface area (Å²) in [7, 11) is 0. The fraction of sp³-hybridized carbons (Fsp3) is 0.778. The summed E-state index contributed by atoms with van der Waals surface area (Å²) < 4.78 is 5.43. The minimum Gasteiger partial charge on any atom is -0.480 e. The molecule has 1 aliphatic heterocycles. The van der Waals surface area contributed by atoms with Gasteiger partial charge in [-0.1, -0.05) is 0 Å². The Morgan fingerprint density at radius 3 is 2.47 bits per heavy atom. The van der Waals surface area contributed by atoms with Crippen LogP contribution < -0.4 is 5.73 Å². The van der Waals surface area contributed by atoms with Crippen molar-refractivity contribution in [3.8, 4) is 0 Å². The van der Waals surface area contributed by atoms with Gasteiger partial charge in [0, 0.05) is 0 Å². The number of aliphatic carboxylic acids is 1. The van der Waals surface area contributed by atoms with E-state index in [1.807, 2.05) is 0 Å². The summed E-state index contributed by atoms with van der Waals surface area (Å²) in [5, 5.41) is 9.02. The van der Waals surface area contributed by atoms with Crippen LogP contribution in [0.15, 0.2) is 0 Å². The maximum absolute atomic E-state index is 11.5. The Labute approximate surface area is 88.0 Å². The average Bonchev–Trinajstić information content (AvgIpc) is 2.34. The molecule has 0 aromatic rings. The third kappa shape index (κ3) is 1.95. The Morgan fingerprint density at radius 1 is 1.53 bits per heavy atom. The van der Waals surface area contributed by atoms with Crippen molar-refractivity contribution in [2.45, 2.75) is 38.6 Å². The predicted molar refractivity (Wildman–Crippen MR) is 52.0 cm³/mol. The topological polar surface area (TPSA) is 92.9 Å². The van der Waals surface area contributed by atoms with Crippen molar-refractivity contribution in [3.63, 3.8) is 0 Å². The van der Waals surface area contributed by atoms with Crippen LogP contribution in [-0.2, 0) is 14.3 Å². The molecule has 1 heterocycles. The number of rotatable bonds is 2. The van der Waals surface area contributed by atoms with E-state index >= 15 is 0 Å². The van der Waals surface area contributed by atoms with Gasteiger partial charge in [0.25, 0.3) is 0 Å². The molecule has 1 fully saturated rings. The minimum atomic E-state index is -1.07. The van der Waals surface area contributed by atoms with Crippen LogP contribution in [0.5, 0.6) is 0 Å². The molecule has 15 heavy (non-hydrogen) atoms. The maximum atomic E-state index is 11.5. The fourth-order valence-corrected chi connectivity index (χ4v) is 1.99. The van der Waals surface area contributed by atoms with Crippen LogP contribution in [0.1, 0.15) is 20.8 Å². The highest BCUT2D eigenvalue weighted by atomic mass is 16.5. The predicted octanol–water partition coefficient (Wildman–Crippen LogP) is -0.618. The lowest BCUT2D eigenvalue weighted by Gasteiger charge is -2.31. The molecule has 0 bridgehead atoms. The highest BCUT2D eigenvalue weighted by molar-refractivity contribution is 5.86. The molecule has 3 N–H and O–H groups in total. The summed E-state index contributed by atoms with van der Waals surface area (Å²) in [6.07, 6.45) is -0.534. The van der Waals surface area contributed by atoms with Gasteiger partial charge in [-0.15, -0.1) is 0 Å². The zero-order valence-corrected chi connectivity index (χ0v) is 9.06.